The Morgan fingerprint density at radius 3 is 1.37 bits per heavy atom. The van der Waals surface area contributed by atoms with Crippen LogP contribution in [0.15, 0.2) is 37.4 Å². The van der Waals surface area contributed by atoms with Gasteiger partial charge in [-0.2, -0.15) is 0 Å². The van der Waals surface area contributed by atoms with Crippen LogP contribution in [-0.4, -0.2) is 91.7 Å². The maximum absolute atomic E-state index is 13.3. The van der Waals surface area contributed by atoms with Crippen molar-refractivity contribution in [3.05, 3.63) is 82.5 Å². The highest BCUT2D eigenvalue weighted by molar-refractivity contribution is 8.77. The summed E-state index contributed by atoms with van der Waals surface area (Å²) in [6.45, 7) is 18.0. The zero-order valence-electron chi connectivity index (χ0n) is 41.3. The number of aromatic nitrogens is 4. The van der Waals surface area contributed by atoms with Crippen LogP contribution in [-0.2, 0) is 19.2 Å². The molecule has 0 saturated carbocycles. The summed E-state index contributed by atoms with van der Waals surface area (Å²) in [5, 5.41) is 13.4. The molecule has 7 rings (SSSR count). The van der Waals surface area contributed by atoms with Crippen molar-refractivity contribution in [3.8, 4) is 0 Å². The average Bonchev–Trinajstić information content (AvgIpc) is 4.22. The fourth-order valence-electron chi connectivity index (χ4n) is 9.39. The van der Waals surface area contributed by atoms with Gasteiger partial charge in [-0.05, 0) is 137 Å². The molecule has 2 saturated heterocycles. The number of unbranched alkanes of at least 4 members (excludes halogenated alkanes) is 2. The number of nitrogens with zero attached hydrogens (tertiary/aromatic N) is 2. The molecule has 6 N–H and O–H groups in total. The van der Waals surface area contributed by atoms with Crippen molar-refractivity contribution in [2.75, 3.05) is 37.7 Å². The summed E-state index contributed by atoms with van der Waals surface area (Å²) in [5.41, 5.74) is 14.4. The molecule has 16 heteroatoms. The molecule has 0 radical (unpaired) electrons. The first kappa shape index (κ1) is 53.2. The van der Waals surface area contributed by atoms with Crippen molar-refractivity contribution in [1.29, 1.82) is 0 Å². The smallest absolute Gasteiger partial charge is 0.220 e. The van der Waals surface area contributed by atoms with Gasteiger partial charge in [0.25, 0.3) is 0 Å². The van der Waals surface area contributed by atoms with Crippen molar-refractivity contribution in [2.45, 2.75) is 128 Å². The number of amides is 4. The number of allylic oxidation sites excluding steroid dienone is 4. The van der Waals surface area contributed by atoms with Crippen molar-refractivity contribution in [3.63, 3.8) is 0 Å². The maximum atomic E-state index is 13.3. The van der Waals surface area contributed by atoms with E-state index in [0.717, 1.165) is 127 Å². The van der Waals surface area contributed by atoms with Crippen LogP contribution in [0.1, 0.15) is 149 Å². The summed E-state index contributed by atoms with van der Waals surface area (Å²) in [5.74, 6) is 2.28. The van der Waals surface area contributed by atoms with E-state index in [1.807, 2.05) is 81.3 Å². The van der Waals surface area contributed by atoms with Crippen LogP contribution in [0.2, 0.25) is 0 Å². The van der Waals surface area contributed by atoms with Gasteiger partial charge in [-0.3, -0.25) is 19.2 Å². The van der Waals surface area contributed by atoms with Gasteiger partial charge in [-0.1, -0.05) is 81.3 Å². The number of aromatic amines is 2. The molecule has 374 valence electrons. The molecule has 8 bridgehead atoms. The van der Waals surface area contributed by atoms with Gasteiger partial charge in [0.15, 0.2) is 0 Å². The molecule has 7 heterocycles. The Balaban J connectivity index is 1.07. The van der Waals surface area contributed by atoms with Gasteiger partial charge in [0.2, 0.25) is 23.6 Å². The summed E-state index contributed by atoms with van der Waals surface area (Å²) < 4.78 is 0. The minimum atomic E-state index is -0.108. The van der Waals surface area contributed by atoms with Crippen LogP contribution in [0.4, 0.5) is 0 Å². The van der Waals surface area contributed by atoms with E-state index < -0.39 is 0 Å². The van der Waals surface area contributed by atoms with Crippen LogP contribution in [0.3, 0.4) is 0 Å². The van der Waals surface area contributed by atoms with Gasteiger partial charge in [-0.15, -0.1) is 0 Å². The number of hydrogen-bond donors (Lipinski definition) is 6. The highest BCUT2D eigenvalue weighted by Crippen LogP contribution is 2.41. The van der Waals surface area contributed by atoms with Gasteiger partial charge >= 0.3 is 0 Å². The Hall–Kier alpha value is -4.64. The average molecular weight is 1020 g/mol. The first-order valence-electron chi connectivity index (χ1n) is 25.0. The largest absolute Gasteiger partial charge is 0.355 e. The number of rotatable bonds is 24. The molecular formula is C54H70N8O4S4. The Morgan fingerprint density at radius 2 is 0.957 bits per heavy atom. The third-order valence-electron chi connectivity index (χ3n) is 13.6. The van der Waals surface area contributed by atoms with Crippen molar-refractivity contribution in [2.24, 2.45) is 0 Å². The number of aryl methyl sites for hydroxylation is 2. The standard InChI is InChI=1S/C54H70N8O4S4/c1-7-39-33(3)43-29-44-35(5)41(17-19-53(65)57-25-23-55-51(63)15-11-9-13-37-21-27-67-69-37)49(61-44)32-50-42(18-20-54(66)58-26-24-56-52(64)16-12-10-14-38-22-28-68-70-38)36(6)46(62-50)31-48-40(8-2)34(4)45(60-48)30-47(39)59-43/h7-8,29-32,37-38,59-60H,1-2,9-28H2,3-6H3,(H,55,63)(H,56,64)(H,57,65)(H,58,66). The Bertz CT molecular complexity index is 2670. The molecule has 2 atom stereocenters. The van der Waals surface area contributed by atoms with Crippen LogP contribution in [0.5, 0.6) is 0 Å². The van der Waals surface area contributed by atoms with E-state index in [2.05, 4.69) is 70.4 Å². The number of hydrogen-bond acceptors (Lipinski definition) is 10. The highest BCUT2D eigenvalue weighted by atomic mass is 33.1. The first-order valence-corrected chi connectivity index (χ1v) is 29.7. The second-order valence-electron chi connectivity index (χ2n) is 18.5. The predicted molar refractivity (Wildman–Crippen MR) is 300 cm³/mol. The van der Waals surface area contributed by atoms with Gasteiger partial charge in [0.1, 0.15) is 0 Å². The summed E-state index contributed by atoms with van der Waals surface area (Å²) in [6.07, 6.45) is 14.8. The van der Waals surface area contributed by atoms with Crippen molar-refractivity contribution >= 4 is 123 Å². The van der Waals surface area contributed by atoms with Crippen LogP contribution in [0, 0.1) is 13.8 Å². The molecule has 0 aromatic carbocycles. The van der Waals surface area contributed by atoms with Crippen LogP contribution >= 0.6 is 43.2 Å². The lowest BCUT2D eigenvalue weighted by Gasteiger charge is -2.10. The van der Waals surface area contributed by atoms with E-state index >= 15 is 0 Å². The third kappa shape index (κ3) is 14.3. The lowest BCUT2D eigenvalue weighted by atomic mass is 9.98. The molecule has 3 aromatic heterocycles. The van der Waals surface area contributed by atoms with Gasteiger partial charge in [-0.25, -0.2) is 9.97 Å². The third-order valence-corrected chi connectivity index (χ3v) is 19.6. The fourth-order valence-corrected chi connectivity index (χ4v) is 15.4. The second-order valence-corrected chi connectivity index (χ2v) is 24.1. The van der Waals surface area contributed by atoms with Gasteiger partial charge in [0.05, 0.1) is 22.8 Å². The Kier molecular flexibility index (Phi) is 19.9. The monoisotopic (exact) mass is 1020 g/mol. The Labute approximate surface area is 429 Å². The quantitative estimate of drug-likeness (QED) is 0.0374. The van der Waals surface area contributed by atoms with E-state index in [0.29, 0.717) is 63.3 Å². The maximum Gasteiger partial charge on any atom is 0.220 e. The predicted octanol–water partition coefficient (Wildman–Crippen LogP) is 11.5. The molecule has 2 unspecified atom stereocenters. The molecule has 2 fully saturated rings. The molecule has 3 aromatic rings. The number of nitrogens with one attached hydrogen (secondary N) is 6. The van der Waals surface area contributed by atoms with E-state index in [1.165, 1.54) is 24.3 Å². The minimum Gasteiger partial charge on any atom is -0.355 e. The van der Waals surface area contributed by atoms with E-state index in [1.54, 1.807) is 0 Å². The van der Waals surface area contributed by atoms with Gasteiger partial charge in [0, 0.05) is 107 Å². The highest BCUT2D eigenvalue weighted by Gasteiger charge is 2.24. The lowest BCUT2D eigenvalue weighted by Crippen LogP contribution is -2.34. The topological polar surface area (TPSA) is 174 Å². The molecule has 4 aliphatic rings. The normalized spacial score (nSPS) is 16.7. The zero-order valence-corrected chi connectivity index (χ0v) is 44.6. The molecule has 70 heavy (non-hydrogen) atoms. The number of carbonyl (C=O) groups excluding carboxylic acids is 4. The number of fused-ring (bicyclic) bond motifs is 8. The minimum absolute atomic E-state index is 0.0227. The summed E-state index contributed by atoms with van der Waals surface area (Å²) >= 11 is 0. The van der Waals surface area contributed by atoms with E-state index in [-0.39, 0.29) is 36.5 Å². The number of carbonyl (C=O) groups is 4. The van der Waals surface area contributed by atoms with Crippen LogP contribution in [0.25, 0.3) is 56.5 Å². The molecule has 4 amide bonds. The Morgan fingerprint density at radius 1 is 0.557 bits per heavy atom. The molecule has 4 aliphatic heterocycles. The first-order chi connectivity index (χ1) is 33.9. The summed E-state index contributed by atoms with van der Waals surface area (Å²) in [4.78, 5) is 69.4. The molecular weight excluding hydrogens is 953 g/mol. The summed E-state index contributed by atoms with van der Waals surface area (Å²) in [7, 11) is 7.85. The second kappa shape index (κ2) is 26.2. The van der Waals surface area contributed by atoms with E-state index in [9.17, 15) is 19.2 Å². The molecule has 0 aliphatic carbocycles. The van der Waals surface area contributed by atoms with Crippen molar-refractivity contribution in [1.82, 2.24) is 41.2 Å². The zero-order chi connectivity index (χ0) is 49.6. The SMILES string of the molecule is C=Cc1c(C)c2cc3[nH]c(cc4nc(cc5nc(cc1[nH]2)C(C)=C5CCC(=O)NCCNC(=O)CCCCC1CCSS1)C(CCC(=O)NCCNC(=O)CCCCC1CCSS1)=C4C)c(C)c3C=C. The van der Waals surface area contributed by atoms with Crippen LogP contribution < -0.4 is 21.3 Å². The molecule has 0 spiro atoms. The fraction of sp³-hybridized carbons (Fsp3) is 0.481. The van der Waals surface area contributed by atoms with E-state index in [4.69, 9.17) is 9.97 Å². The molecule has 12 nitrogen and oxygen atoms in total. The van der Waals surface area contributed by atoms with Gasteiger partial charge < -0.3 is 31.2 Å². The number of H-pyrrole nitrogens is 2. The summed E-state index contributed by atoms with van der Waals surface area (Å²) in [6, 6.07) is 8.21. The lowest BCUT2D eigenvalue weighted by molar-refractivity contribution is -0.122. The van der Waals surface area contributed by atoms with Crippen molar-refractivity contribution < 1.29 is 19.2 Å².